The minimum Gasteiger partial charge on any atom is -0.495 e. The first-order valence-electron chi connectivity index (χ1n) is 20.5. The molecule has 4 aromatic carbocycles. The number of nitrogens with zero attached hydrogens (tertiary/aromatic N) is 4. The summed E-state index contributed by atoms with van der Waals surface area (Å²) in [5.41, 5.74) is 0.133. The molecule has 28 heteroatoms. The molecule has 0 aliphatic carbocycles. The van der Waals surface area contributed by atoms with Gasteiger partial charge in [-0.05, 0) is 88.6 Å². The fourth-order valence-electron chi connectivity index (χ4n) is 6.87. The van der Waals surface area contributed by atoms with Gasteiger partial charge in [0.05, 0.1) is 68.7 Å². The zero-order chi connectivity index (χ0) is 52.8. The van der Waals surface area contributed by atoms with Gasteiger partial charge in [-0.15, -0.1) is 0 Å². The van der Waals surface area contributed by atoms with Crippen LogP contribution < -0.4 is 20.6 Å². The van der Waals surface area contributed by atoms with E-state index in [1.165, 1.54) is 116 Å². The van der Waals surface area contributed by atoms with Crippen LogP contribution in [0.3, 0.4) is 0 Å². The number of fused-ring (bicyclic) bond motifs is 2. The number of rotatable bonds is 13. The van der Waals surface area contributed by atoms with Gasteiger partial charge in [0, 0.05) is 58.0 Å². The van der Waals surface area contributed by atoms with Crippen molar-refractivity contribution in [3.63, 3.8) is 0 Å². The third kappa shape index (κ3) is 15.4. The number of aromatic nitrogens is 4. The van der Waals surface area contributed by atoms with Gasteiger partial charge in [-0.25, -0.2) is 25.6 Å². The number of sulfone groups is 2. The van der Waals surface area contributed by atoms with E-state index in [-0.39, 0.29) is 89.6 Å². The van der Waals surface area contributed by atoms with Gasteiger partial charge in [-0.3, -0.25) is 18.7 Å². The molecule has 398 valence electrons. The molecule has 4 aromatic heterocycles. The number of hydrogen-bond acceptors (Lipinski definition) is 12. The summed E-state index contributed by atoms with van der Waals surface area (Å²) >= 11 is 4.79. The van der Waals surface area contributed by atoms with Crippen molar-refractivity contribution >= 4 is 99.8 Å². The molecular weight excluding hydrogens is 1250 g/mol. The molecule has 0 saturated heterocycles. The van der Waals surface area contributed by atoms with E-state index in [2.05, 4.69) is 35.3 Å². The van der Waals surface area contributed by atoms with Crippen molar-refractivity contribution in [1.29, 1.82) is 0 Å². The Morgan fingerprint density at radius 1 is 0.608 bits per heavy atom. The van der Waals surface area contributed by atoms with Crippen molar-refractivity contribution in [2.24, 2.45) is 0 Å². The molecule has 14 nitrogen and oxygen atoms in total. The Kier molecular flexibility index (Phi) is 21.1. The monoisotopic (exact) mass is 1290 g/mol. The standard InChI is InChI=1S/C23H18F4N2O5S.C20H14BrFN2O5S.C3H4F3I.2H3P/c1-33-21-11-14(6-8-23(25,26)27)18(24)12-20(21)29-19-4-3-17(10-15(19)2-5-22(29)30)35(31,32)13-16-7-9-34-28-16;1-28-19-9-15(21)16(22)10-18(19)24-17-4-3-14(8-12(17)2-5-20(24)25)30(26,27)11-13-6-7-29-23-13;4-3(5,6)1-2-7;;/h2-5,7,9-12H,6,8,13H2,1H3;2-10H,11H2,1H3;1-2H2;2*1H3. The molecule has 8 aromatic rings. The zero-order valence-corrected chi connectivity index (χ0v) is 46.7. The first-order chi connectivity index (χ1) is 33.8. The van der Waals surface area contributed by atoms with Crippen molar-refractivity contribution in [2.45, 2.75) is 52.9 Å². The van der Waals surface area contributed by atoms with E-state index in [9.17, 15) is 61.5 Å². The van der Waals surface area contributed by atoms with E-state index < -0.39 is 79.8 Å². The number of ether oxygens (including phenoxy) is 2. The minimum absolute atomic E-state index is 0. The van der Waals surface area contributed by atoms with Crippen LogP contribution in [0.1, 0.15) is 29.8 Å². The van der Waals surface area contributed by atoms with Gasteiger partial charge in [0.15, 0.2) is 19.7 Å². The molecule has 0 radical (unpaired) electrons. The highest BCUT2D eigenvalue weighted by Crippen LogP contribution is 2.34. The van der Waals surface area contributed by atoms with Gasteiger partial charge < -0.3 is 18.5 Å². The molecule has 0 aliphatic rings. The summed E-state index contributed by atoms with van der Waals surface area (Å²) in [6, 6.07) is 21.4. The van der Waals surface area contributed by atoms with Crippen molar-refractivity contribution in [1.82, 2.24) is 19.4 Å². The van der Waals surface area contributed by atoms with Crippen molar-refractivity contribution in [3.8, 4) is 22.9 Å². The molecular formula is C46H42BrF8IN4O10P2S2. The molecule has 8 rings (SSSR count). The van der Waals surface area contributed by atoms with Gasteiger partial charge in [0.1, 0.15) is 47.2 Å². The highest BCUT2D eigenvalue weighted by molar-refractivity contribution is 14.1. The summed E-state index contributed by atoms with van der Waals surface area (Å²) in [5, 5.41) is 8.08. The fraction of sp³-hybridized carbons (Fsp3) is 0.217. The van der Waals surface area contributed by atoms with Crippen LogP contribution in [0.2, 0.25) is 0 Å². The average molecular weight is 1300 g/mol. The van der Waals surface area contributed by atoms with Crippen molar-refractivity contribution < 1.29 is 70.5 Å². The molecule has 0 bridgehead atoms. The lowest BCUT2D eigenvalue weighted by Gasteiger charge is -2.16. The fourth-order valence-corrected chi connectivity index (χ4v) is 10.4. The molecule has 0 N–H and O–H groups in total. The van der Waals surface area contributed by atoms with Crippen LogP contribution in [0, 0.1) is 11.6 Å². The van der Waals surface area contributed by atoms with E-state index in [0.717, 1.165) is 16.7 Å². The highest BCUT2D eigenvalue weighted by atomic mass is 127. The molecule has 0 aliphatic heterocycles. The third-order valence-corrected chi connectivity index (χ3v) is 14.7. The Hall–Kier alpha value is -5.27. The lowest BCUT2D eigenvalue weighted by atomic mass is 10.1. The third-order valence-electron chi connectivity index (χ3n) is 10.2. The Labute approximate surface area is 444 Å². The minimum atomic E-state index is -4.46. The lowest BCUT2D eigenvalue weighted by Crippen LogP contribution is -2.19. The van der Waals surface area contributed by atoms with E-state index >= 15 is 0 Å². The second-order valence-electron chi connectivity index (χ2n) is 15.2. The first-order valence-corrected chi connectivity index (χ1v) is 26.1. The highest BCUT2D eigenvalue weighted by Gasteiger charge is 2.28. The van der Waals surface area contributed by atoms with Gasteiger partial charge in [-0.2, -0.15) is 46.1 Å². The summed E-state index contributed by atoms with van der Waals surface area (Å²) in [7, 11) is -4.82. The number of halogens is 10. The van der Waals surface area contributed by atoms with Crippen LogP contribution in [-0.4, -0.2) is 67.3 Å². The Balaban J connectivity index is 0.000000279. The summed E-state index contributed by atoms with van der Waals surface area (Å²) in [5.74, 6) is -1.95. The number of methoxy groups -OCH3 is 2. The quantitative estimate of drug-likeness (QED) is 0.0461. The van der Waals surface area contributed by atoms with Crippen LogP contribution in [0.15, 0.2) is 142 Å². The van der Waals surface area contributed by atoms with Crippen LogP contribution in [0.4, 0.5) is 35.1 Å². The average Bonchev–Trinajstić information content (AvgIpc) is 4.03. The van der Waals surface area contributed by atoms with Crippen LogP contribution in [0.5, 0.6) is 11.5 Å². The first kappa shape index (κ1) is 61.3. The molecule has 0 saturated carbocycles. The van der Waals surface area contributed by atoms with E-state index in [1.54, 1.807) is 22.6 Å². The summed E-state index contributed by atoms with van der Waals surface area (Å²) in [6.07, 6.45) is -8.35. The van der Waals surface area contributed by atoms with Gasteiger partial charge >= 0.3 is 12.4 Å². The lowest BCUT2D eigenvalue weighted by molar-refractivity contribution is -0.134. The number of benzene rings is 4. The van der Waals surface area contributed by atoms with E-state index in [0.29, 0.717) is 16.3 Å². The van der Waals surface area contributed by atoms with Crippen molar-refractivity contribution in [2.75, 3.05) is 18.6 Å². The maximum atomic E-state index is 14.7. The maximum absolute atomic E-state index is 14.7. The number of alkyl halides is 7. The zero-order valence-electron chi connectivity index (χ0n) is 38.5. The van der Waals surface area contributed by atoms with E-state index in [4.69, 9.17) is 9.47 Å². The van der Waals surface area contributed by atoms with Gasteiger partial charge in [0.25, 0.3) is 11.1 Å². The Morgan fingerprint density at radius 2 is 1.04 bits per heavy atom. The van der Waals surface area contributed by atoms with Crippen molar-refractivity contribution in [3.05, 3.63) is 163 Å². The molecule has 2 unspecified atom stereocenters. The predicted molar refractivity (Wildman–Crippen MR) is 281 cm³/mol. The van der Waals surface area contributed by atoms with Crippen LogP contribution in [-0.2, 0) is 37.6 Å². The van der Waals surface area contributed by atoms with Gasteiger partial charge in [0.2, 0.25) is 0 Å². The Morgan fingerprint density at radius 3 is 1.42 bits per heavy atom. The number of pyridine rings is 2. The Bertz CT molecular complexity index is 3590. The van der Waals surface area contributed by atoms with E-state index in [1.807, 2.05) is 0 Å². The maximum Gasteiger partial charge on any atom is 0.389 e. The molecule has 0 spiro atoms. The number of hydrogen-bond donors (Lipinski definition) is 0. The van der Waals surface area contributed by atoms with Gasteiger partial charge in [-0.1, -0.05) is 32.9 Å². The molecule has 0 fully saturated rings. The summed E-state index contributed by atoms with van der Waals surface area (Å²) in [4.78, 5) is 25.4. The second kappa shape index (κ2) is 25.5. The van der Waals surface area contributed by atoms with Crippen LogP contribution >= 0.6 is 58.3 Å². The summed E-state index contributed by atoms with van der Waals surface area (Å²) < 4.78 is 174. The summed E-state index contributed by atoms with van der Waals surface area (Å²) in [6.45, 7) is 0. The largest absolute Gasteiger partial charge is 0.495 e. The van der Waals surface area contributed by atoms with Crippen LogP contribution in [0.25, 0.3) is 33.2 Å². The topological polar surface area (TPSA) is 183 Å². The predicted octanol–water partition coefficient (Wildman–Crippen LogP) is 10.9. The second-order valence-corrected chi connectivity index (χ2v) is 21.1. The molecule has 4 heterocycles. The molecule has 74 heavy (non-hydrogen) atoms. The SMILES string of the molecule is COc1cc(Br)c(F)cc1-n1c(=O)ccc2cc(S(=O)(=O)Cc3ccon3)ccc21.COc1cc(CCC(F)(F)F)c(F)cc1-n1c(=O)ccc2cc(S(=O)(=O)Cc3ccon3)ccc21.FC(F)(F)CCI.P.P. The normalized spacial score (nSPS) is 11.7. The number of aryl methyl sites for hydroxylation is 1. The molecule has 0 amide bonds. The smallest absolute Gasteiger partial charge is 0.389 e. The molecule has 2 atom stereocenters.